The van der Waals surface area contributed by atoms with Crippen LogP contribution in [0.4, 0.5) is 19.0 Å². The molecule has 0 spiro atoms. The Balaban J connectivity index is 1.65. The molecule has 0 radical (unpaired) electrons. The van der Waals surface area contributed by atoms with Crippen LogP contribution in [0.5, 0.6) is 0 Å². The van der Waals surface area contributed by atoms with Gasteiger partial charge in [0.1, 0.15) is 5.82 Å². The van der Waals surface area contributed by atoms with Crippen molar-refractivity contribution in [3.63, 3.8) is 0 Å². The first-order valence-electron chi connectivity index (χ1n) is 9.21. The fourth-order valence-electron chi connectivity index (χ4n) is 3.61. The Hall–Kier alpha value is -3.23. The van der Waals surface area contributed by atoms with E-state index in [0.717, 1.165) is 18.1 Å². The predicted octanol–water partition coefficient (Wildman–Crippen LogP) is 3.39. The maximum absolute atomic E-state index is 13.4. The lowest BCUT2D eigenvalue weighted by molar-refractivity contribution is -0.137. The van der Waals surface area contributed by atoms with E-state index >= 15 is 0 Å². The van der Waals surface area contributed by atoms with Crippen LogP contribution >= 0.6 is 0 Å². The van der Waals surface area contributed by atoms with Gasteiger partial charge in [-0.3, -0.25) is 9.78 Å². The van der Waals surface area contributed by atoms with Crippen LogP contribution in [0.1, 0.15) is 18.4 Å². The van der Waals surface area contributed by atoms with Gasteiger partial charge in [-0.05, 0) is 43.2 Å². The molecule has 0 N–H and O–H groups in total. The minimum atomic E-state index is -4.49. The average Bonchev–Trinajstić information content (AvgIpc) is 3.18. The van der Waals surface area contributed by atoms with E-state index in [9.17, 15) is 18.0 Å². The number of rotatable bonds is 4. The van der Waals surface area contributed by atoms with E-state index < -0.39 is 11.7 Å². The van der Waals surface area contributed by atoms with Crippen molar-refractivity contribution in [1.82, 2.24) is 19.7 Å². The van der Waals surface area contributed by atoms with Crippen LogP contribution in [0.15, 0.2) is 59.8 Å². The number of halogens is 3. The largest absolute Gasteiger partial charge is 0.419 e. The maximum Gasteiger partial charge on any atom is 0.419 e. The second-order valence-electron chi connectivity index (χ2n) is 6.84. The topological polar surface area (TPSA) is 63.9 Å². The first-order chi connectivity index (χ1) is 13.9. The SMILES string of the molecule is O=c1ccc(-c2ccncc2)nn1CC1CCCN1c1ncccc1C(F)(F)F. The zero-order chi connectivity index (χ0) is 20.4. The van der Waals surface area contributed by atoms with E-state index in [4.69, 9.17) is 0 Å². The Labute approximate surface area is 164 Å². The Morgan fingerprint density at radius 2 is 1.86 bits per heavy atom. The molecular formula is C20H18F3N5O. The van der Waals surface area contributed by atoms with Crippen LogP contribution < -0.4 is 10.5 Å². The minimum absolute atomic E-state index is 0.0964. The molecule has 1 fully saturated rings. The number of alkyl halides is 3. The highest BCUT2D eigenvalue weighted by molar-refractivity contribution is 5.57. The van der Waals surface area contributed by atoms with E-state index in [1.807, 2.05) is 0 Å². The first-order valence-corrected chi connectivity index (χ1v) is 9.21. The molecule has 1 saturated heterocycles. The first kappa shape index (κ1) is 19.1. The molecule has 1 atom stereocenters. The zero-order valence-corrected chi connectivity index (χ0v) is 15.4. The Morgan fingerprint density at radius 3 is 2.62 bits per heavy atom. The van der Waals surface area contributed by atoms with Crippen molar-refractivity contribution < 1.29 is 13.2 Å². The molecule has 29 heavy (non-hydrogen) atoms. The smallest absolute Gasteiger partial charge is 0.351 e. The number of hydrogen-bond donors (Lipinski definition) is 0. The van der Waals surface area contributed by atoms with Gasteiger partial charge in [-0.25, -0.2) is 9.67 Å². The van der Waals surface area contributed by atoms with Gasteiger partial charge >= 0.3 is 6.18 Å². The summed E-state index contributed by atoms with van der Waals surface area (Å²) in [4.78, 5) is 21.9. The van der Waals surface area contributed by atoms with E-state index in [0.29, 0.717) is 18.7 Å². The third-order valence-corrected chi connectivity index (χ3v) is 4.97. The van der Waals surface area contributed by atoms with Crippen LogP contribution in [-0.4, -0.2) is 32.3 Å². The summed E-state index contributed by atoms with van der Waals surface area (Å²) < 4.78 is 41.6. The van der Waals surface area contributed by atoms with Gasteiger partial charge in [-0.15, -0.1) is 0 Å². The second-order valence-corrected chi connectivity index (χ2v) is 6.84. The normalized spacial score (nSPS) is 16.9. The van der Waals surface area contributed by atoms with Crippen molar-refractivity contribution >= 4 is 5.82 Å². The molecule has 0 saturated carbocycles. The van der Waals surface area contributed by atoms with E-state index in [1.54, 1.807) is 35.5 Å². The van der Waals surface area contributed by atoms with Gasteiger partial charge in [0.2, 0.25) is 0 Å². The fourth-order valence-corrected chi connectivity index (χ4v) is 3.61. The second kappa shape index (κ2) is 7.65. The molecular weight excluding hydrogens is 383 g/mol. The number of pyridine rings is 2. The minimum Gasteiger partial charge on any atom is -0.351 e. The summed E-state index contributed by atoms with van der Waals surface area (Å²) >= 11 is 0. The van der Waals surface area contributed by atoms with Crippen molar-refractivity contribution in [3.8, 4) is 11.3 Å². The van der Waals surface area contributed by atoms with Crippen LogP contribution in [-0.2, 0) is 12.7 Å². The Morgan fingerprint density at radius 1 is 1.07 bits per heavy atom. The summed E-state index contributed by atoms with van der Waals surface area (Å²) in [6.45, 7) is 0.634. The van der Waals surface area contributed by atoms with Crippen LogP contribution in [0, 0.1) is 0 Å². The predicted molar refractivity (Wildman–Crippen MR) is 101 cm³/mol. The lowest BCUT2D eigenvalue weighted by atomic mass is 10.2. The highest BCUT2D eigenvalue weighted by atomic mass is 19.4. The standard InChI is InChI=1S/C20H18F3N5O/c21-20(22,23)16-4-1-9-25-19(16)27-12-2-3-15(27)13-28-18(29)6-5-17(26-28)14-7-10-24-11-8-14/h1,4-11,15H,2-3,12-13H2. The molecule has 4 rings (SSSR count). The van der Waals surface area contributed by atoms with Crippen LogP contribution in [0.2, 0.25) is 0 Å². The van der Waals surface area contributed by atoms with Crippen molar-refractivity contribution in [3.05, 3.63) is 70.9 Å². The van der Waals surface area contributed by atoms with Gasteiger partial charge in [0.15, 0.2) is 0 Å². The van der Waals surface area contributed by atoms with Crippen molar-refractivity contribution in [2.45, 2.75) is 31.6 Å². The quantitative estimate of drug-likeness (QED) is 0.671. The molecule has 1 unspecified atom stereocenters. The van der Waals surface area contributed by atoms with E-state index in [-0.39, 0.29) is 24.0 Å². The number of anilines is 1. The van der Waals surface area contributed by atoms with E-state index in [1.165, 1.54) is 23.0 Å². The van der Waals surface area contributed by atoms with Gasteiger partial charge in [0, 0.05) is 36.8 Å². The summed E-state index contributed by atoms with van der Waals surface area (Å²) in [6, 6.07) is 8.62. The third-order valence-electron chi connectivity index (χ3n) is 4.97. The van der Waals surface area contributed by atoms with Gasteiger partial charge in [0.05, 0.1) is 23.8 Å². The average molecular weight is 401 g/mol. The third kappa shape index (κ3) is 3.98. The van der Waals surface area contributed by atoms with Crippen molar-refractivity contribution in [1.29, 1.82) is 0 Å². The lowest BCUT2D eigenvalue weighted by Crippen LogP contribution is -2.38. The number of hydrogen-bond acceptors (Lipinski definition) is 5. The van der Waals surface area contributed by atoms with Crippen LogP contribution in [0.25, 0.3) is 11.3 Å². The molecule has 0 amide bonds. The Bertz CT molecular complexity index is 1050. The molecule has 150 valence electrons. The van der Waals surface area contributed by atoms with Crippen molar-refractivity contribution in [2.24, 2.45) is 0 Å². The monoisotopic (exact) mass is 401 g/mol. The summed E-state index contributed by atoms with van der Waals surface area (Å²) in [6.07, 6.45) is 1.50. The Kier molecular flexibility index (Phi) is 5.04. The number of nitrogens with zero attached hydrogens (tertiary/aromatic N) is 5. The van der Waals surface area contributed by atoms with Crippen molar-refractivity contribution in [2.75, 3.05) is 11.4 Å². The zero-order valence-electron chi connectivity index (χ0n) is 15.4. The summed E-state index contributed by atoms with van der Waals surface area (Å²) in [7, 11) is 0. The molecule has 0 aliphatic carbocycles. The molecule has 9 heteroatoms. The molecule has 0 bridgehead atoms. The van der Waals surface area contributed by atoms with Gasteiger partial charge in [-0.2, -0.15) is 18.3 Å². The summed E-state index contributed by atoms with van der Waals surface area (Å²) in [5, 5.41) is 4.41. The van der Waals surface area contributed by atoms with Crippen LogP contribution in [0.3, 0.4) is 0 Å². The molecule has 3 aromatic rings. The highest BCUT2D eigenvalue weighted by Gasteiger charge is 2.38. The van der Waals surface area contributed by atoms with E-state index in [2.05, 4.69) is 15.1 Å². The van der Waals surface area contributed by atoms with Gasteiger partial charge in [0.25, 0.3) is 5.56 Å². The number of aromatic nitrogens is 4. The molecule has 4 heterocycles. The maximum atomic E-state index is 13.4. The molecule has 1 aliphatic rings. The lowest BCUT2D eigenvalue weighted by Gasteiger charge is -2.28. The highest BCUT2D eigenvalue weighted by Crippen LogP contribution is 2.37. The fraction of sp³-hybridized carbons (Fsp3) is 0.300. The molecule has 6 nitrogen and oxygen atoms in total. The van der Waals surface area contributed by atoms with Gasteiger partial charge < -0.3 is 4.90 Å². The molecule has 0 aromatic carbocycles. The summed E-state index contributed by atoms with van der Waals surface area (Å²) in [5.74, 6) is -0.0964. The molecule has 3 aromatic heterocycles. The van der Waals surface area contributed by atoms with Gasteiger partial charge in [-0.1, -0.05) is 0 Å². The molecule has 1 aliphatic heterocycles. The summed E-state index contributed by atoms with van der Waals surface area (Å²) in [5.41, 5.74) is 0.343.